The van der Waals surface area contributed by atoms with Crippen LogP contribution in [0.5, 0.6) is 0 Å². The fraction of sp³-hybridized carbons (Fsp3) is 0.833. The predicted molar refractivity (Wildman–Crippen MR) is 86.8 cm³/mol. The second-order valence-electron chi connectivity index (χ2n) is 6.19. The molecule has 0 bridgehead atoms. The third kappa shape index (κ3) is 10.1. The second-order valence-corrected chi connectivity index (χ2v) is 6.19. The van der Waals surface area contributed by atoms with E-state index in [9.17, 15) is 4.79 Å². The fourth-order valence-corrected chi connectivity index (χ4v) is 2.46. The molecule has 0 fully saturated rings. The zero-order valence-electron chi connectivity index (χ0n) is 14.0. The van der Waals surface area contributed by atoms with Gasteiger partial charge in [0.25, 0.3) is 0 Å². The molecule has 0 saturated carbocycles. The largest absolute Gasteiger partial charge is 0.462 e. The Bertz CT molecular complexity index is 271. The first-order chi connectivity index (χ1) is 9.58. The van der Waals surface area contributed by atoms with E-state index in [4.69, 9.17) is 4.74 Å². The first-order valence-electron chi connectivity index (χ1n) is 8.37. The Labute approximate surface area is 126 Å². The molecule has 1 unspecified atom stereocenters. The lowest BCUT2D eigenvalue weighted by Gasteiger charge is -2.29. The number of carbonyl (C=O) groups excluding carboxylic acids is 1. The molecule has 0 aromatic heterocycles. The van der Waals surface area contributed by atoms with E-state index in [0.29, 0.717) is 6.61 Å². The van der Waals surface area contributed by atoms with Crippen molar-refractivity contribution in [1.29, 1.82) is 0 Å². The van der Waals surface area contributed by atoms with Gasteiger partial charge in [-0.05, 0) is 19.8 Å². The van der Waals surface area contributed by atoms with Crippen LogP contribution < -0.4 is 0 Å². The van der Waals surface area contributed by atoms with E-state index in [1.807, 2.05) is 6.92 Å². The van der Waals surface area contributed by atoms with Crippen LogP contribution in [0, 0.1) is 5.41 Å². The quantitative estimate of drug-likeness (QED) is 0.262. The van der Waals surface area contributed by atoms with Crippen molar-refractivity contribution >= 4 is 5.97 Å². The third-order valence-corrected chi connectivity index (χ3v) is 3.88. The summed E-state index contributed by atoms with van der Waals surface area (Å²) in [6.45, 7) is 9.13. The van der Waals surface area contributed by atoms with Gasteiger partial charge in [0.1, 0.15) is 0 Å². The third-order valence-electron chi connectivity index (χ3n) is 3.88. The first kappa shape index (κ1) is 19.2. The molecule has 0 N–H and O–H groups in total. The number of allylic oxidation sites excluding steroid dienone is 1. The van der Waals surface area contributed by atoms with Gasteiger partial charge in [-0.25, -0.2) is 4.79 Å². The van der Waals surface area contributed by atoms with Crippen LogP contribution in [0.2, 0.25) is 0 Å². The molecule has 0 aliphatic rings. The van der Waals surface area contributed by atoms with Crippen molar-refractivity contribution in [2.24, 2.45) is 5.41 Å². The van der Waals surface area contributed by atoms with Crippen LogP contribution in [-0.4, -0.2) is 12.6 Å². The summed E-state index contributed by atoms with van der Waals surface area (Å²) in [6, 6.07) is 0. The number of unbranched alkanes of at least 4 members (excludes halogenated alkanes) is 5. The van der Waals surface area contributed by atoms with Crippen LogP contribution in [0.4, 0.5) is 0 Å². The van der Waals surface area contributed by atoms with Gasteiger partial charge < -0.3 is 4.74 Å². The minimum absolute atomic E-state index is 0.152. The highest BCUT2D eigenvalue weighted by Gasteiger charge is 2.24. The Morgan fingerprint density at radius 2 is 1.60 bits per heavy atom. The zero-order chi connectivity index (χ0) is 15.3. The Balaban J connectivity index is 4.16. The Kier molecular flexibility index (Phi) is 11.5. The zero-order valence-corrected chi connectivity index (χ0v) is 14.0. The maximum Gasteiger partial charge on any atom is 0.330 e. The molecule has 0 aliphatic heterocycles. The minimum atomic E-state index is -0.207. The van der Waals surface area contributed by atoms with Gasteiger partial charge in [-0.1, -0.05) is 71.8 Å². The van der Waals surface area contributed by atoms with Gasteiger partial charge in [0, 0.05) is 11.5 Å². The molecule has 0 rings (SSSR count). The molecular formula is C18H34O2. The average molecular weight is 282 g/mol. The van der Waals surface area contributed by atoms with Crippen LogP contribution >= 0.6 is 0 Å². The van der Waals surface area contributed by atoms with Crippen molar-refractivity contribution in [3.8, 4) is 0 Å². The summed E-state index contributed by atoms with van der Waals surface area (Å²) in [6.07, 6.45) is 14.5. The Hall–Kier alpha value is -0.790. The van der Waals surface area contributed by atoms with Crippen molar-refractivity contribution in [1.82, 2.24) is 0 Å². The molecule has 2 heteroatoms. The van der Waals surface area contributed by atoms with E-state index < -0.39 is 0 Å². The van der Waals surface area contributed by atoms with Crippen molar-refractivity contribution in [2.75, 3.05) is 6.61 Å². The van der Waals surface area contributed by atoms with E-state index in [1.165, 1.54) is 57.4 Å². The van der Waals surface area contributed by atoms with Gasteiger partial charge in [-0.3, -0.25) is 0 Å². The molecular weight excluding hydrogens is 248 g/mol. The molecule has 118 valence electrons. The number of esters is 1. The van der Waals surface area contributed by atoms with Crippen LogP contribution in [0.15, 0.2) is 12.2 Å². The summed E-state index contributed by atoms with van der Waals surface area (Å²) in [5.41, 5.74) is 0.152. The van der Waals surface area contributed by atoms with E-state index in [1.54, 1.807) is 6.08 Å². The van der Waals surface area contributed by atoms with Crippen LogP contribution in [0.3, 0.4) is 0 Å². The van der Waals surface area contributed by atoms with Crippen molar-refractivity contribution in [2.45, 2.75) is 85.5 Å². The van der Waals surface area contributed by atoms with Crippen LogP contribution in [0.1, 0.15) is 85.5 Å². The summed E-state index contributed by atoms with van der Waals surface area (Å²) >= 11 is 0. The maximum atomic E-state index is 11.5. The Morgan fingerprint density at radius 3 is 2.20 bits per heavy atom. The number of carbonyl (C=O) groups is 1. The highest BCUT2D eigenvalue weighted by molar-refractivity contribution is 5.81. The molecule has 0 heterocycles. The molecule has 0 saturated heterocycles. The molecule has 1 atom stereocenters. The molecule has 0 aromatic rings. The maximum absolute atomic E-state index is 11.5. The highest BCUT2D eigenvalue weighted by atomic mass is 16.5. The molecule has 0 spiro atoms. The number of rotatable bonds is 12. The summed E-state index contributed by atoms with van der Waals surface area (Å²) < 4.78 is 5.40. The van der Waals surface area contributed by atoms with E-state index in [2.05, 4.69) is 20.8 Å². The van der Waals surface area contributed by atoms with Gasteiger partial charge in [0.2, 0.25) is 0 Å². The first-order valence-corrected chi connectivity index (χ1v) is 8.37. The van der Waals surface area contributed by atoms with Gasteiger partial charge in [0.05, 0.1) is 6.61 Å². The normalized spacial score (nSPS) is 14.4. The summed E-state index contributed by atoms with van der Waals surface area (Å²) in [5, 5.41) is 0. The predicted octanol–water partition coefficient (Wildman–Crippen LogP) is 5.66. The Morgan fingerprint density at radius 1 is 1.00 bits per heavy atom. The number of hydrogen-bond acceptors (Lipinski definition) is 2. The lowest BCUT2D eigenvalue weighted by Crippen LogP contribution is -2.25. The molecule has 0 aliphatic carbocycles. The summed E-state index contributed by atoms with van der Waals surface area (Å²) in [7, 11) is 0. The van der Waals surface area contributed by atoms with Crippen molar-refractivity contribution < 1.29 is 9.53 Å². The smallest absolute Gasteiger partial charge is 0.330 e. The molecule has 0 aromatic carbocycles. The average Bonchev–Trinajstić information content (AvgIpc) is 2.43. The van der Waals surface area contributed by atoms with E-state index in [0.717, 1.165) is 6.42 Å². The lowest BCUT2D eigenvalue weighted by atomic mass is 9.80. The second kappa shape index (κ2) is 12.0. The van der Waals surface area contributed by atoms with E-state index in [-0.39, 0.29) is 11.4 Å². The van der Waals surface area contributed by atoms with Gasteiger partial charge in [0.15, 0.2) is 0 Å². The fourth-order valence-electron chi connectivity index (χ4n) is 2.46. The number of hydrogen-bond donors (Lipinski definition) is 0. The van der Waals surface area contributed by atoms with Gasteiger partial charge in [-0.2, -0.15) is 0 Å². The molecule has 0 radical (unpaired) electrons. The minimum Gasteiger partial charge on any atom is -0.462 e. The molecule has 20 heavy (non-hydrogen) atoms. The van der Waals surface area contributed by atoms with E-state index >= 15 is 0 Å². The standard InChI is InChI=1S/C18H34O2/c1-5-8-10-11-12-15-18(4,14-9-6-2)16-20-17(19)13-7-3/h7,13H,5-6,8-12,14-16H2,1-4H3/b13-7+. The van der Waals surface area contributed by atoms with Gasteiger partial charge in [-0.15, -0.1) is 0 Å². The van der Waals surface area contributed by atoms with Gasteiger partial charge >= 0.3 is 5.97 Å². The topological polar surface area (TPSA) is 26.3 Å². The van der Waals surface area contributed by atoms with Crippen molar-refractivity contribution in [3.63, 3.8) is 0 Å². The summed E-state index contributed by atoms with van der Waals surface area (Å²) in [5.74, 6) is -0.207. The molecule has 2 nitrogen and oxygen atoms in total. The van der Waals surface area contributed by atoms with Crippen molar-refractivity contribution in [3.05, 3.63) is 12.2 Å². The number of ether oxygens (including phenoxy) is 1. The monoisotopic (exact) mass is 282 g/mol. The molecule has 0 amide bonds. The lowest BCUT2D eigenvalue weighted by molar-refractivity contribution is -0.141. The summed E-state index contributed by atoms with van der Waals surface area (Å²) in [4.78, 5) is 11.5. The SMILES string of the molecule is C/C=C/C(=O)OCC(C)(CCCC)CCCCCCC. The van der Waals surface area contributed by atoms with Crippen LogP contribution in [-0.2, 0) is 9.53 Å². The van der Waals surface area contributed by atoms with Crippen LogP contribution in [0.25, 0.3) is 0 Å². The highest BCUT2D eigenvalue weighted by Crippen LogP contribution is 2.31.